The van der Waals surface area contributed by atoms with Crippen molar-refractivity contribution in [2.45, 2.75) is 96.9 Å². The van der Waals surface area contributed by atoms with E-state index < -0.39 is 8.32 Å². The van der Waals surface area contributed by atoms with Gasteiger partial charge in [0.05, 0.1) is 5.22 Å². The largest absolute Gasteiger partial charge is 0.412 e. The third-order valence-electron chi connectivity index (χ3n) is 4.80. The van der Waals surface area contributed by atoms with Crippen LogP contribution in [-0.2, 0) is 13.9 Å². The lowest BCUT2D eigenvalue weighted by Crippen LogP contribution is -2.61. The molecule has 0 saturated carbocycles. The zero-order valence-corrected chi connectivity index (χ0v) is 15.3. The van der Waals surface area contributed by atoms with Gasteiger partial charge in [0.25, 0.3) is 0 Å². The van der Waals surface area contributed by atoms with Gasteiger partial charge in [0, 0.05) is 12.7 Å². The second-order valence-corrected chi connectivity index (χ2v) is 10.8. The van der Waals surface area contributed by atoms with Crippen LogP contribution in [0.5, 0.6) is 0 Å². The molecule has 0 aromatic heterocycles. The van der Waals surface area contributed by atoms with Gasteiger partial charge in [0.2, 0.25) is 8.32 Å². The van der Waals surface area contributed by atoms with E-state index in [2.05, 4.69) is 34.2 Å². The summed E-state index contributed by atoms with van der Waals surface area (Å²) in [5.74, 6) is 0. The predicted octanol–water partition coefficient (Wildman–Crippen LogP) is 4.65. The summed E-state index contributed by atoms with van der Waals surface area (Å²) in [6.07, 6.45) is 5.94. The summed E-state index contributed by atoms with van der Waals surface area (Å²) in [7, 11) is -1.87. The molecule has 1 aliphatic rings. The Labute approximate surface area is 126 Å². The van der Waals surface area contributed by atoms with Gasteiger partial charge in [-0.05, 0) is 52.6 Å². The van der Waals surface area contributed by atoms with Crippen molar-refractivity contribution in [2.24, 2.45) is 0 Å². The molecule has 0 aromatic rings. The number of ether oxygens (including phenoxy) is 2. The maximum absolute atomic E-state index is 6.41. The van der Waals surface area contributed by atoms with Crippen LogP contribution in [0, 0.1) is 0 Å². The summed E-state index contributed by atoms with van der Waals surface area (Å²) in [6.45, 7) is 14.0. The zero-order valence-electron chi connectivity index (χ0n) is 14.3. The van der Waals surface area contributed by atoms with Crippen LogP contribution in [0.3, 0.4) is 0 Å². The summed E-state index contributed by atoms with van der Waals surface area (Å²) in [5, 5.41) is -0.159. The average Bonchev–Trinajstić information content (AvgIpc) is 2.38. The number of hydrogen-bond acceptors (Lipinski definition) is 3. The van der Waals surface area contributed by atoms with Gasteiger partial charge in [0.15, 0.2) is 6.29 Å². The summed E-state index contributed by atoms with van der Waals surface area (Å²) >= 11 is 0. The highest BCUT2D eigenvalue weighted by Gasteiger charge is 2.51. The minimum Gasteiger partial charge on any atom is -0.412 e. The Kier molecular flexibility index (Phi) is 7.19. The van der Waals surface area contributed by atoms with Gasteiger partial charge in [-0.25, -0.2) is 0 Å². The number of unbranched alkanes of at least 4 members (excludes halogenated alkanes) is 1. The Bertz CT molecular complexity index is 287. The minimum absolute atomic E-state index is 0.142. The number of hydrogen-bond donors (Lipinski definition) is 0. The standard InChI is InChI=1S/C16H34O3Si/c1-7-9-12-17-15(4)18-16(5,8-2)20(6)13-10-11-14(3)19-20/h14-15H,7-13H2,1-6H3. The molecule has 3 nitrogen and oxygen atoms in total. The van der Waals surface area contributed by atoms with Crippen LogP contribution in [0.15, 0.2) is 0 Å². The van der Waals surface area contributed by atoms with Crippen LogP contribution in [0.4, 0.5) is 0 Å². The first-order valence-corrected chi connectivity index (χ1v) is 11.0. The molecule has 1 aliphatic heterocycles. The molecule has 0 amide bonds. The van der Waals surface area contributed by atoms with E-state index in [1.165, 1.54) is 18.9 Å². The summed E-state index contributed by atoms with van der Waals surface area (Å²) in [5.41, 5.74) is 0. The maximum atomic E-state index is 6.41. The number of rotatable bonds is 8. The Morgan fingerprint density at radius 1 is 1.40 bits per heavy atom. The molecule has 0 aliphatic carbocycles. The van der Waals surface area contributed by atoms with Gasteiger partial charge < -0.3 is 13.9 Å². The Morgan fingerprint density at radius 3 is 2.65 bits per heavy atom. The Morgan fingerprint density at radius 2 is 2.10 bits per heavy atom. The van der Waals surface area contributed by atoms with Gasteiger partial charge in [-0.2, -0.15) is 0 Å². The molecule has 1 saturated heterocycles. The lowest BCUT2D eigenvalue weighted by molar-refractivity contribution is -0.180. The van der Waals surface area contributed by atoms with Crippen LogP contribution < -0.4 is 0 Å². The van der Waals surface area contributed by atoms with Crippen molar-refractivity contribution in [2.75, 3.05) is 6.61 Å². The van der Waals surface area contributed by atoms with Gasteiger partial charge >= 0.3 is 0 Å². The third kappa shape index (κ3) is 4.55. The maximum Gasteiger partial charge on any atom is 0.221 e. The van der Waals surface area contributed by atoms with Crippen LogP contribution in [0.1, 0.15) is 66.7 Å². The fourth-order valence-corrected chi connectivity index (χ4v) is 7.00. The minimum atomic E-state index is -1.87. The summed E-state index contributed by atoms with van der Waals surface area (Å²) in [4.78, 5) is 0. The van der Waals surface area contributed by atoms with Gasteiger partial charge in [-0.1, -0.05) is 26.7 Å². The molecular formula is C16H34O3Si. The quantitative estimate of drug-likeness (QED) is 0.371. The molecule has 0 spiro atoms. The fraction of sp³-hybridized carbons (Fsp3) is 1.00. The van der Waals surface area contributed by atoms with Gasteiger partial charge in [-0.15, -0.1) is 0 Å². The molecule has 0 N–H and O–H groups in total. The molecule has 1 rings (SSSR count). The van der Waals surface area contributed by atoms with E-state index in [1.54, 1.807) is 0 Å². The molecule has 120 valence electrons. The molecule has 20 heavy (non-hydrogen) atoms. The van der Waals surface area contributed by atoms with E-state index in [0.29, 0.717) is 6.10 Å². The van der Waals surface area contributed by atoms with E-state index >= 15 is 0 Å². The van der Waals surface area contributed by atoms with Crippen molar-refractivity contribution < 1.29 is 13.9 Å². The van der Waals surface area contributed by atoms with E-state index in [-0.39, 0.29) is 11.5 Å². The first-order valence-electron chi connectivity index (χ1n) is 8.34. The summed E-state index contributed by atoms with van der Waals surface area (Å²) in [6, 6.07) is 1.20. The highest BCUT2D eigenvalue weighted by molar-refractivity contribution is 6.75. The van der Waals surface area contributed by atoms with Crippen LogP contribution in [0.25, 0.3) is 0 Å². The molecule has 1 fully saturated rings. The SMILES string of the molecule is CCCCOC(C)OC(C)(CC)[Si]1(C)CCCC(C)O1. The first-order chi connectivity index (χ1) is 9.37. The molecule has 4 unspecified atom stereocenters. The lowest BCUT2D eigenvalue weighted by atomic mass is 10.2. The molecule has 1 heterocycles. The van der Waals surface area contributed by atoms with Gasteiger partial charge in [0.1, 0.15) is 0 Å². The molecule has 0 bridgehead atoms. The van der Waals surface area contributed by atoms with Crippen molar-refractivity contribution in [3.63, 3.8) is 0 Å². The van der Waals surface area contributed by atoms with Crippen molar-refractivity contribution in [3.05, 3.63) is 0 Å². The van der Waals surface area contributed by atoms with Crippen molar-refractivity contribution in [1.29, 1.82) is 0 Å². The van der Waals surface area contributed by atoms with Crippen LogP contribution >= 0.6 is 0 Å². The average molecular weight is 303 g/mol. The third-order valence-corrected chi connectivity index (χ3v) is 9.73. The monoisotopic (exact) mass is 302 g/mol. The highest BCUT2D eigenvalue weighted by Crippen LogP contribution is 2.39. The smallest absolute Gasteiger partial charge is 0.221 e. The molecule has 4 atom stereocenters. The lowest BCUT2D eigenvalue weighted by Gasteiger charge is -2.48. The fourth-order valence-electron chi connectivity index (χ4n) is 3.05. The Hall–Kier alpha value is 0.0969. The van der Waals surface area contributed by atoms with Crippen molar-refractivity contribution >= 4 is 8.32 Å². The molecule has 0 radical (unpaired) electrons. The van der Waals surface area contributed by atoms with Crippen LogP contribution in [0.2, 0.25) is 12.6 Å². The topological polar surface area (TPSA) is 27.7 Å². The predicted molar refractivity (Wildman–Crippen MR) is 86.3 cm³/mol. The molecular weight excluding hydrogens is 268 g/mol. The molecule has 4 heteroatoms. The molecule has 0 aromatic carbocycles. The normalized spacial score (nSPS) is 31.8. The first kappa shape index (κ1) is 18.1. The van der Waals surface area contributed by atoms with Crippen LogP contribution in [-0.4, -0.2) is 32.5 Å². The van der Waals surface area contributed by atoms with E-state index in [1.807, 2.05) is 6.92 Å². The van der Waals surface area contributed by atoms with Crippen molar-refractivity contribution in [1.82, 2.24) is 0 Å². The second-order valence-electron chi connectivity index (χ2n) is 6.55. The second kappa shape index (κ2) is 7.92. The van der Waals surface area contributed by atoms with E-state index in [0.717, 1.165) is 25.9 Å². The Balaban J connectivity index is 2.64. The summed E-state index contributed by atoms with van der Waals surface area (Å²) < 4.78 is 18.5. The van der Waals surface area contributed by atoms with Crippen molar-refractivity contribution in [3.8, 4) is 0 Å². The van der Waals surface area contributed by atoms with E-state index in [4.69, 9.17) is 13.9 Å². The zero-order chi connectivity index (χ0) is 15.2. The van der Waals surface area contributed by atoms with Gasteiger partial charge in [-0.3, -0.25) is 0 Å². The van der Waals surface area contributed by atoms with E-state index in [9.17, 15) is 0 Å². The highest BCUT2D eigenvalue weighted by atomic mass is 28.4.